The minimum absolute atomic E-state index is 0.239. The number of benzene rings is 1. The molecule has 0 aliphatic rings. The number of nitrogens with zero attached hydrogens (tertiary/aromatic N) is 1. The first-order chi connectivity index (χ1) is 9.99. The van der Waals surface area contributed by atoms with Crippen molar-refractivity contribution in [1.29, 1.82) is 0 Å². The van der Waals surface area contributed by atoms with E-state index < -0.39 is 0 Å². The Labute approximate surface area is 146 Å². The van der Waals surface area contributed by atoms with Crippen molar-refractivity contribution < 1.29 is 5.11 Å². The SMILES string of the molecule is CN(C)C(CNCc1cc(Br)c(O)c(Br)c1)c1cccs1. The highest BCUT2D eigenvalue weighted by molar-refractivity contribution is 9.11. The zero-order valence-electron chi connectivity index (χ0n) is 11.9. The van der Waals surface area contributed by atoms with E-state index in [1.165, 1.54) is 4.88 Å². The van der Waals surface area contributed by atoms with Crippen LogP contribution in [0.4, 0.5) is 0 Å². The van der Waals surface area contributed by atoms with Crippen molar-refractivity contribution in [3.63, 3.8) is 0 Å². The Morgan fingerprint density at radius 2 is 1.95 bits per heavy atom. The molecule has 0 aliphatic heterocycles. The molecule has 0 amide bonds. The number of hydrogen-bond acceptors (Lipinski definition) is 4. The normalized spacial score (nSPS) is 12.8. The number of nitrogens with one attached hydrogen (secondary N) is 1. The van der Waals surface area contributed by atoms with E-state index >= 15 is 0 Å². The molecule has 21 heavy (non-hydrogen) atoms. The summed E-state index contributed by atoms with van der Waals surface area (Å²) in [5.41, 5.74) is 1.12. The van der Waals surface area contributed by atoms with Crippen molar-refractivity contribution in [2.24, 2.45) is 0 Å². The Morgan fingerprint density at radius 1 is 1.29 bits per heavy atom. The van der Waals surface area contributed by atoms with Crippen LogP contribution < -0.4 is 5.32 Å². The number of thiophene rings is 1. The summed E-state index contributed by atoms with van der Waals surface area (Å²) in [6.07, 6.45) is 0. The van der Waals surface area contributed by atoms with Crippen LogP contribution in [-0.4, -0.2) is 30.6 Å². The summed E-state index contributed by atoms with van der Waals surface area (Å²) < 4.78 is 1.41. The highest BCUT2D eigenvalue weighted by Gasteiger charge is 2.14. The standard InChI is InChI=1S/C15H18Br2N2OS/c1-19(2)13(14-4-3-5-21-14)9-18-8-10-6-11(16)15(20)12(17)7-10/h3-7,13,18,20H,8-9H2,1-2H3. The summed E-state index contributed by atoms with van der Waals surface area (Å²) in [7, 11) is 4.19. The topological polar surface area (TPSA) is 35.5 Å². The molecular weight excluding hydrogens is 416 g/mol. The number of phenolic OH excluding ortho intramolecular Hbond substituents is 1. The van der Waals surface area contributed by atoms with Crippen LogP contribution >= 0.6 is 43.2 Å². The Hall–Kier alpha value is -0.400. The Bertz CT molecular complexity index is 564. The fraction of sp³-hybridized carbons (Fsp3) is 0.333. The molecule has 0 spiro atoms. The van der Waals surface area contributed by atoms with Gasteiger partial charge in [-0.15, -0.1) is 11.3 Å². The van der Waals surface area contributed by atoms with Crippen molar-refractivity contribution in [2.75, 3.05) is 20.6 Å². The maximum absolute atomic E-state index is 9.72. The number of likely N-dealkylation sites (N-methyl/N-ethyl adjacent to an activating group) is 1. The lowest BCUT2D eigenvalue weighted by Crippen LogP contribution is -2.30. The molecule has 0 aliphatic carbocycles. The molecule has 1 aromatic heterocycles. The molecule has 6 heteroatoms. The van der Waals surface area contributed by atoms with E-state index in [0.717, 1.165) is 18.7 Å². The summed E-state index contributed by atoms with van der Waals surface area (Å²) >= 11 is 8.50. The molecule has 2 rings (SSSR count). The highest BCUT2D eigenvalue weighted by Crippen LogP contribution is 2.33. The van der Waals surface area contributed by atoms with Gasteiger partial charge < -0.3 is 15.3 Å². The summed E-state index contributed by atoms with van der Waals surface area (Å²) in [4.78, 5) is 3.59. The second kappa shape index (κ2) is 7.74. The minimum atomic E-state index is 0.239. The molecule has 1 heterocycles. The molecule has 1 aromatic carbocycles. The number of phenols is 1. The third-order valence-electron chi connectivity index (χ3n) is 3.24. The van der Waals surface area contributed by atoms with Gasteiger partial charge in [-0.05, 0) is 75.1 Å². The van der Waals surface area contributed by atoms with Crippen molar-refractivity contribution in [3.8, 4) is 5.75 Å². The number of aromatic hydroxyl groups is 1. The third-order valence-corrected chi connectivity index (χ3v) is 5.42. The average molecular weight is 434 g/mol. The molecule has 1 atom stereocenters. The second-order valence-electron chi connectivity index (χ2n) is 5.03. The first-order valence-electron chi connectivity index (χ1n) is 6.56. The third kappa shape index (κ3) is 4.53. The lowest BCUT2D eigenvalue weighted by Gasteiger charge is -2.23. The van der Waals surface area contributed by atoms with E-state index in [1.54, 1.807) is 11.3 Å². The van der Waals surface area contributed by atoms with Gasteiger partial charge in [-0.3, -0.25) is 0 Å². The van der Waals surface area contributed by atoms with Crippen LogP contribution in [0.25, 0.3) is 0 Å². The number of rotatable bonds is 6. The fourth-order valence-electron chi connectivity index (χ4n) is 2.09. The van der Waals surface area contributed by atoms with Gasteiger partial charge >= 0.3 is 0 Å². The van der Waals surface area contributed by atoms with Gasteiger partial charge in [-0.1, -0.05) is 6.07 Å². The molecule has 2 N–H and O–H groups in total. The molecule has 0 bridgehead atoms. The van der Waals surface area contributed by atoms with Gasteiger partial charge in [-0.25, -0.2) is 0 Å². The van der Waals surface area contributed by atoms with Gasteiger partial charge in [0.05, 0.1) is 15.0 Å². The molecule has 0 radical (unpaired) electrons. The maximum atomic E-state index is 9.72. The lowest BCUT2D eigenvalue weighted by atomic mass is 10.2. The van der Waals surface area contributed by atoms with Gasteiger partial charge in [0.1, 0.15) is 5.75 Å². The predicted molar refractivity (Wildman–Crippen MR) is 96.0 cm³/mol. The first kappa shape index (κ1) is 17.0. The fourth-order valence-corrected chi connectivity index (χ4v) is 4.30. The van der Waals surface area contributed by atoms with E-state index in [4.69, 9.17) is 0 Å². The molecule has 0 saturated heterocycles. The van der Waals surface area contributed by atoms with Crippen LogP contribution in [0.2, 0.25) is 0 Å². The quantitative estimate of drug-likeness (QED) is 0.709. The number of halogens is 2. The van der Waals surface area contributed by atoms with E-state index in [0.29, 0.717) is 15.0 Å². The van der Waals surface area contributed by atoms with Gasteiger partial charge in [0.25, 0.3) is 0 Å². The zero-order chi connectivity index (χ0) is 15.4. The molecule has 114 valence electrons. The summed E-state index contributed by atoms with van der Waals surface area (Å²) in [5, 5.41) is 15.3. The van der Waals surface area contributed by atoms with Gasteiger partial charge in [0.15, 0.2) is 0 Å². The minimum Gasteiger partial charge on any atom is -0.506 e. The Balaban J connectivity index is 1.97. The summed E-state index contributed by atoms with van der Waals surface area (Å²) in [5.74, 6) is 0.239. The van der Waals surface area contributed by atoms with Crippen LogP contribution in [0.5, 0.6) is 5.75 Å². The van der Waals surface area contributed by atoms with E-state index in [2.05, 4.69) is 73.7 Å². The smallest absolute Gasteiger partial charge is 0.143 e. The van der Waals surface area contributed by atoms with Crippen LogP contribution in [0.3, 0.4) is 0 Å². The molecule has 0 saturated carbocycles. The first-order valence-corrected chi connectivity index (χ1v) is 9.03. The van der Waals surface area contributed by atoms with Crippen LogP contribution in [0.1, 0.15) is 16.5 Å². The average Bonchev–Trinajstić information content (AvgIpc) is 2.94. The van der Waals surface area contributed by atoms with Crippen LogP contribution in [0, 0.1) is 0 Å². The van der Waals surface area contributed by atoms with Gasteiger partial charge in [-0.2, -0.15) is 0 Å². The predicted octanol–water partition coefficient (Wildman–Crippen LogP) is 4.37. The molecule has 3 nitrogen and oxygen atoms in total. The van der Waals surface area contributed by atoms with Gasteiger partial charge in [0, 0.05) is 18.0 Å². The maximum Gasteiger partial charge on any atom is 0.143 e. The van der Waals surface area contributed by atoms with E-state index in [9.17, 15) is 5.11 Å². The van der Waals surface area contributed by atoms with Gasteiger partial charge in [0.2, 0.25) is 0 Å². The van der Waals surface area contributed by atoms with E-state index in [1.807, 2.05) is 12.1 Å². The van der Waals surface area contributed by atoms with Crippen molar-refractivity contribution >= 4 is 43.2 Å². The summed E-state index contributed by atoms with van der Waals surface area (Å²) in [6.45, 7) is 1.64. The van der Waals surface area contributed by atoms with Crippen molar-refractivity contribution in [1.82, 2.24) is 10.2 Å². The lowest BCUT2D eigenvalue weighted by molar-refractivity contribution is 0.292. The molecule has 1 unspecified atom stereocenters. The van der Waals surface area contributed by atoms with Crippen LogP contribution in [0.15, 0.2) is 38.6 Å². The van der Waals surface area contributed by atoms with E-state index in [-0.39, 0.29) is 5.75 Å². The van der Waals surface area contributed by atoms with Crippen LogP contribution in [-0.2, 0) is 6.54 Å². The van der Waals surface area contributed by atoms with Crippen molar-refractivity contribution in [2.45, 2.75) is 12.6 Å². The Kier molecular flexibility index (Phi) is 6.25. The number of hydrogen-bond donors (Lipinski definition) is 2. The largest absolute Gasteiger partial charge is 0.506 e. The summed E-state index contributed by atoms with van der Waals surface area (Å²) in [6, 6.07) is 8.50. The monoisotopic (exact) mass is 432 g/mol. The highest BCUT2D eigenvalue weighted by atomic mass is 79.9. The molecular formula is C15H18Br2N2OS. The van der Waals surface area contributed by atoms with Crippen molar-refractivity contribution in [3.05, 3.63) is 49.0 Å². The second-order valence-corrected chi connectivity index (χ2v) is 7.72. The molecule has 0 fully saturated rings. The zero-order valence-corrected chi connectivity index (χ0v) is 15.9. The Morgan fingerprint density at radius 3 is 2.48 bits per heavy atom. The molecule has 2 aromatic rings.